The number of nitriles is 1. The Kier molecular flexibility index (Phi) is 5.69. The van der Waals surface area contributed by atoms with Crippen LogP contribution in [0.2, 0.25) is 0 Å². The van der Waals surface area contributed by atoms with Crippen LogP contribution in [0, 0.1) is 23.7 Å². The highest BCUT2D eigenvalue weighted by atomic mass is 16.5. The van der Waals surface area contributed by atoms with Crippen molar-refractivity contribution in [2.24, 2.45) is 5.41 Å². The fraction of sp³-hybridized carbons (Fsp3) is 0.562. The van der Waals surface area contributed by atoms with E-state index < -0.39 is 0 Å². The highest BCUT2D eigenvalue weighted by Gasteiger charge is 2.18. The smallest absolute Gasteiger partial charge is 0.162 e. The maximum atomic E-state index is 8.68. The summed E-state index contributed by atoms with van der Waals surface area (Å²) in [6.07, 6.45) is 1.46. The molecule has 1 aromatic rings. The highest BCUT2D eigenvalue weighted by Crippen LogP contribution is 2.33. The summed E-state index contributed by atoms with van der Waals surface area (Å²) in [5.41, 5.74) is 2.22. The van der Waals surface area contributed by atoms with Crippen molar-refractivity contribution in [1.82, 2.24) is 0 Å². The molecule has 0 heterocycles. The van der Waals surface area contributed by atoms with E-state index in [1.165, 1.54) is 0 Å². The zero-order chi connectivity index (χ0) is 15.2. The minimum absolute atomic E-state index is 0.0787. The molecule has 0 unspecified atom stereocenters. The van der Waals surface area contributed by atoms with Crippen molar-refractivity contribution < 1.29 is 9.47 Å². The molecule has 0 aliphatic rings. The summed E-state index contributed by atoms with van der Waals surface area (Å²) in [5, 5.41) is 12.1. The van der Waals surface area contributed by atoms with Crippen LogP contribution in [0.4, 0.5) is 5.69 Å². The number of ether oxygens (including phenoxy) is 2. The van der Waals surface area contributed by atoms with Gasteiger partial charge in [0.05, 0.1) is 20.3 Å². The van der Waals surface area contributed by atoms with Crippen molar-refractivity contribution in [3.05, 3.63) is 17.7 Å². The standard InChI is InChI=1S/C16H24N2O2/c1-12-9-14(19-4)15(20-5)10-13(12)18-11-16(2,3)7-6-8-17/h9-10,18H,6-7,11H2,1-5H3. The molecule has 0 radical (unpaired) electrons. The van der Waals surface area contributed by atoms with E-state index in [2.05, 4.69) is 25.2 Å². The van der Waals surface area contributed by atoms with Crippen molar-refractivity contribution in [3.63, 3.8) is 0 Å². The van der Waals surface area contributed by atoms with E-state index in [0.29, 0.717) is 6.42 Å². The lowest BCUT2D eigenvalue weighted by Crippen LogP contribution is -2.23. The molecule has 0 saturated heterocycles. The number of benzene rings is 1. The van der Waals surface area contributed by atoms with Crippen LogP contribution in [0.25, 0.3) is 0 Å². The van der Waals surface area contributed by atoms with E-state index in [0.717, 1.165) is 35.7 Å². The van der Waals surface area contributed by atoms with E-state index in [4.69, 9.17) is 14.7 Å². The van der Waals surface area contributed by atoms with E-state index in [-0.39, 0.29) is 5.41 Å². The molecule has 0 aliphatic heterocycles. The molecule has 0 atom stereocenters. The minimum Gasteiger partial charge on any atom is -0.493 e. The van der Waals surface area contributed by atoms with Crippen molar-refractivity contribution in [1.29, 1.82) is 5.26 Å². The average Bonchev–Trinajstić information content (AvgIpc) is 2.43. The molecule has 0 bridgehead atoms. The van der Waals surface area contributed by atoms with Crippen LogP contribution in [-0.2, 0) is 0 Å². The van der Waals surface area contributed by atoms with Crippen LogP contribution in [0.5, 0.6) is 11.5 Å². The van der Waals surface area contributed by atoms with Gasteiger partial charge in [-0.05, 0) is 30.4 Å². The van der Waals surface area contributed by atoms with Crippen molar-refractivity contribution in [2.45, 2.75) is 33.6 Å². The molecule has 1 aromatic carbocycles. The van der Waals surface area contributed by atoms with Crippen LogP contribution in [0.3, 0.4) is 0 Å². The molecular weight excluding hydrogens is 252 g/mol. The molecule has 20 heavy (non-hydrogen) atoms. The first-order valence-electron chi connectivity index (χ1n) is 6.77. The molecule has 4 heteroatoms. The highest BCUT2D eigenvalue weighted by molar-refractivity contribution is 5.60. The maximum Gasteiger partial charge on any atom is 0.162 e. The SMILES string of the molecule is COc1cc(C)c(NCC(C)(C)CCC#N)cc1OC. The van der Waals surface area contributed by atoms with Crippen molar-refractivity contribution in [3.8, 4) is 17.6 Å². The molecule has 4 nitrogen and oxygen atoms in total. The third-order valence-electron chi connectivity index (χ3n) is 3.40. The Morgan fingerprint density at radius 2 is 1.80 bits per heavy atom. The fourth-order valence-electron chi connectivity index (χ4n) is 1.99. The Morgan fingerprint density at radius 3 is 2.35 bits per heavy atom. The summed E-state index contributed by atoms with van der Waals surface area (Å²) in [5.74, 6) is 1.45. The van der Waals surface area contributed by atoms with Gasteiger partial charge in [-0.3, -0.25) is 0 Å². The van der Waals surface area contributed by atoms with Crippen LogP contribution in [-0.4, -0.2) is 20.8 Å². The Labute approximate surface area is 121 Å². The summed E-state index contributed by atoms with van der Waals surface area (Å²) in [6, 6.07) is 6.12. The molecule has 0 fully saturated rings. The Morgan fingerprint density at radius 1 is 1.20 bits per heavy atom. The molecule has 1 N–H and O–H groups in total. The van der Waals surface area contributed by atoms with Gasteiger partial charge in [-0.25, -0.2) is 0 Å². The molecule has 0 amide bonds. The largest absolute Gasteiger partial charge is 0.493 e. The van der Waals surface area contributed by atoms with Gasteiger partial charge >= 0.3 is 0 Å². The lowest BCUT2D eigenvalue weighted by atomic mass is 9.88. The summed E-state index contributed by atoms with van der Waals surface area (Å²) >= 11 is 0. The maximum absolute atomic E-state index is 8.68. The van der Waals surface area contributed by atoms with Crippen molar-refractivity contribution >= 4 is 5.69 Å². The van der Waals surface area contributed by atoms with Crippen LogP contribution < -0.4 is 14.8 Å². The van der Waals surface area contributed by atoms with E-state index in [1.54, 1.807) is 14.2 Å². The number of rotatable bonds is 7. The van der Waals surface area contributed by atoms with Crippen molar-refractivity contribution in [2.75, 3.05) is 26.1 Å². The number of methoxy groups -OCH3 is 2. The number of hydrogen-bond donors (Lipinski definition) is 1. The Balaban J connectivity index is 2.80. The van der Waals surface area contributed by atoms with Gasteiger partial charge in [0, 0.05) is 24.7 Å². The second-order valence-electron chi connectivity index (χ2n) is 5.70. The predicted molar refractivity (Wildman–Crippen MR) is 81.4 cm³/mol. The summed E-state index contributed by atoms with van der Waals surface area (Å²) in [6.45, 7) is 7.17. The second kappa shape index (κ2) is 7.04. The van der Waals surface area contributed by atoms with Gasteiger partial charge in [0.1, 0.15) is 0 Å². The molecule has 0 aromatic heterocycles. The van der Waals surface area contributed by atoms with Gasteiger partial charge < -0.3 is 14.8 Å². The zero-order valence-electron chi connectivity index (χ0n) is 13.0. The predicted octanol–water partition coefficient (Wildman–Crippen LogP) is 3.75. The number of aryl methyl sites for hydroxylation is 1. The lowest BCUT2D eigenvalue weighted by molar-refractivity contribution is 0.354. The Bertz CT molecular complexity index is 490. The quantitative estimate of drug-likeness (QED) is 0.824. The van der Waals surface area contributed by atoms with Gasteiger partial charge in [-0.1, -0.05) is 13.8 Å². The van der Waals surface area contributed by atoms with E-state index in [1.807, 2.05) is 19.1 Å². The molecule has 0 aliphatic carbocycles. The van der Waals surface area contributed by atoms with Gasteiger partial charge in [0.25, 0.3) is 0 Å². The van der Waals surface area contributed by atoms with Gasteiger partial charge in [0.2, 0.25) is 0 Å². The van der Waals surface area contributed by atoms with Crippen LogP contribution in [0.15, 0.2) is 12.1 Å². The lowest BCUT2D eigenvalue weighted by Gasteiger charge is -2.25. The van der Waals surface area contributed by atoms with E-state index in [9.17, 15) is 0 Å². The third-order valence-corrected chi connectivity index (χ3v) is 3.40. The summed E-state index contributed by atoms with van der Waals surface area (Å²) < 4.78 is 10.6. The number of hydrogen-bond acceptors (Lipinski definition) is 4. The molecule has 110 valence electrons. The van der Waals surface area contributed by atoms with Gasteiger partial charge in [-0.2, -0.15) is 5.26 Å². The third kappa shape index (κ3) is 4.34. The Hall–Kier alpha value is -1.89. The first-order chi connectivity index (χ1) is 9.43. The molecule has 0 spiro atoms. The molecular formula is C16H24N2O2. The van der Waals surface area contributed by atoms with Crippen LogP contribution >= 0.6 is 0 Å². The average molecular weight is 276 g/mol. The molecule has 1 rings (SSSR count). The fourth-order valence-corrected chi connectivity index (χ4v) is 1.99. The number of nitrogens with one attached hydrogen (secondary N) is 1. The summed E-state index contributed by atoms with van der Waals surface area (Å²) in [4.78, 5) is 0. The summed E-state index contributed by atoms with van der Waals surface area (Å²) in [7, 11) is 3.27. The molecule has 0 saturated carbocycles. The van der Waals surface area contributed by atoms with Gasteiger partial charge in [-0.15, -0.1) is 0 Å². The number of anilines is 1. The first kappa shape index (κ1) is 16.2. The first-order valence-corrected chi connectivity index (χ1v) is 6.77. The normalized spacial score (nSPS) is 10.8. The monoisotopic (exact) mass is 276 g/mol. The van der Waals surface area contributed by atoms with Crippen LogP contribution in [0.1, 0.15) is 32.3 Å². The minimum atomic E-state index is 0.0787. The van der Waals surface area contributed by atoms with E-state index >= 15 is 0 Å². The van der Waals surface area contributed by atoms with Gasteiger partial charge in [0.15, 0.2) is 11.5 Å². The second-order valence-corrected chi connectivity index (χ2v) is 5.70. The number of nitrogens with zero attached hydrogens (tertiary/aromatic N) is 1. The topological polar surface area (TPSA) is 54.3 Å². The zero-order valence-corrected chi connectivity index (χ0v) is 13.0.